The summed E-state index contributed by atoms with van der Waals surface area (Å²) >= 11 is 0. The summed E-state index contributed by atoms with van der Waals surface area (Å²) in [6.45, 7) is 3.50. The van der Waals surface area contributed by atoms with Crippen molar-refractivity contribution in [1.82, 2.24) is 24.9 Å². The Balaban J connectivity index is 1.40. The molecule has 1 unspecified atom stereocenters. The number of nitrogens with one attached hydrogen (secondary N) is 1. The summed E-state index contributed by atoms with van der Waals surface area (Å²) < 4.78 is 25.5. The van der Waals surface area contributed by atoms with Gasteiger partial charge in [0.1, 0.15) is 30.0 Å². The van der Waals surface area contributed by atoms with Gasteiger partial charge in [0.05, 0.1) is 24.5 Å². The highest BCUT2D eigenvalue weighted by molar-refractivity contribution is 5.94. The van der Waals surface area contributed by atoms with Crippen LogP contribution in [0.2, 0.25) is 0 Å². The van der Waals surface area contributed by atoms with Crippen molar-refractivity contribution >= 4 is 33.9 Å². The highest BCUT2D eigenvalue weighted by atomic mass is 19.1. The summed E-state index contributed by atoms with van der Waals surface area (Å²) in [4.78, 5) is 35.1. The molecule has 4 aromatic rings. The van der Waals surface area contributed by atoms with Crippen LogP contribution >= 0.6 is 0 Å². The molecule has 10 heteroatoms. The van der Waals surface area contributed by atoms with Gasteiger partial charge in [0.15, 0.2) is 17.2 Å². The Labute approximate surface area is 195 Å². The number of unbranched alkanes of at least 4 members (excludes halogenated alkanes) is 1. The minimum absolute atomic E-state index is 0.0399. The zero-order chi connectivity index (χ0) is 23.5. The lowest BCUT2D eigenvalue weighted by Crippen LogP contribution is -2.35. The molecular formula is C24H25FN6O3. The number of aromatic amines is 1. The number of pyridine rings is 1. The molecule has 0 saturated carbocycles. The number of ether oxygens (including phenoxy) is 2. The fourth-order valence-electron chi connectivity index (χ4n) is 4.22. The fraction of sp³-hybridized carbons (Fsp3) is 0.375. The molecular weight excluding hydrogens is 439 g/mol. The van der Waals surface area contributed by atoms with E-state index in [1.807, 2.05) is 6.92 Å². The lowest BCUT2D eigenvalue weighted by molar-refractivity contribution is 0.0493. The van der Waals surface area contributed by atoms with Crippen LogP contribution in [0.15, 0.2) is 36.9 Å². The lowest BCUT2D eigenvalue weighted by atomic mass is 10.1. The topological polar surface area (TPSA) is 106 Å². The number of carbonyl (C=O) groups excluding carboxylic acids is 1. The molecule has 0 bridgehead atoms. The van der Waals surface area contributed by atoms with Crippen LogP contribution < -0.4 is 9.64 Å². The molecule has 0 spiro atoms. The van der Waals surface area contributed by atoms with Crippen LogP contribution in [-0.4, -0.2) is 56.7 Å². The Morgan fingerprint density at radius 3 is 3.06 bits per heavy atom. The number of aromatic nitrogens is 5. The maximum Gasteiger partial charge on any atom is 0.357 e. The smallest absolute Gasteiger partial charge is 0.357 e. The summed E-state index contributed by atoms with van der Waals surface area (Å²) in [6, 6.07) is 5.80. The Bertz CT molecular complexity index is 1330. The zero-order valence-corrected chi connectivity index (χ0v) is 18.8. The first-order valence-corrected chi connectivity index (χ1v) is 11.4. The highest BCUT2D eigenvalue weighted by Crippen LogP contribution is 2.31. The number of carbonyl (C=O) groups is 1. The molecule has 1 aromatic carbocycles. The standard InChI is InChI=1S/C24H25FN6O3/c1-2-3-9-33-24(32)19-11-20(17-10-15(25)6-7-18(17)30-19)34-12-16-5-4-8-31(16)23-21-22(27-13-26-21)28-14-29-23/h6-7,10-11,13-14,16H,2-5,8-9,12H2,1H3,(H,26,27,28,29). The number of halogens is 1. The fourth-order valence-corrected chi connectivity index (χ4v) is 4.22. The third-order valence-corrected chi connectivity index (χ3v) is 5.96. The average molecular weight is 465 g/mol. The van der Waals surface area contributed by atoms with Gasteiger partial charge in [-0.2, -0.15) is 0 Å². The van der Waals surface area contributed by atoms with Gasteiger partial charge in [-0.3, -0.25) is 0 Å². The van der Waals surface area contributed by atoms with Gasteiger partial charge in [0.2, 0.25) is 0 Å². The summed E-state index contributed by atoms with van der Waals surface area (Å²) in [7, 11) is 0. The van der Waals surface area contributed by atoms with Crippen molar-refractivity contribution in [3.05, 3.63) is 48.4 Å². The number of rotatable bonds is 8. The largest absolute Gasteiger partial charge is 0.491 e. The number of H-pyrrole nitrogens is 1. The Morgan fingerprint density at radius 2 is 2.18 bits per heavy atom. The number of esters is 1. The third kappa shape index (κ3) is 4.35. The van der Waals surface area contributed by atoms with Crippen molar-refractivity contribution in [3.63, 3.8) is 0 Å². The number of imidazole rings is 1. The first-order chi connectivity index (χ1) is 16.6. The Kier molecular flexibility index (Phi) is 6.20. The molecule has 1 N–H and O–H groups in total. The monoisotopic (exact) mass is 464 g/mol. The van der Waals surface area contributed by atoms with Crippen LogP contribution in [0.3, 0.4) is 0 Å². The molecule has 0 aliphatic carbocycles. The van der Waals surface area contributed by atoms with Crippen LogP contribution in [0.4, 0.5) is 10.2 Å². The van der Waals surface area contributed by atoms with Gasteiger partial charge in [-0.25, -0.2) is 29.1 Å². The number of hydrogen-bond acceptors (Lipinski definition) is 8. The predicted molar refractivity (Wildman–Crippen MR) is 124 cm³/mol. The van der Waals surface area contributed by atoms with Crippen LogP contribution in [-0.2, 0) is 4.74 Å². The number of anilines is 1. The van der Waals surface area contributed by atoms with E-state index in [1.165, 1.54) is 30.6 Å². The lowest BCUT2D eigenvalue weighted by Gasteiger charge is -2.26. The van der Waals surface area contributed by atoms with Gasteiger partial charge in [-0.1, -0.05) is 13.3 Å². The van der Waals surface area contributed by atoms with Gasteiger partial charge in [-0.05, 0) is 37.5 Å². The molecule has 1 fully saturated rings. The van der Waals surface area contributed by atoms with Crippen LogP contribution in [0.5, 0.6) is 5.75 Å². The molecule has 1 saturated heterocycles. The highest BCUT2D eigenvalue weighted by Gasteiger charge is 2.29. The van der Waals surface area contributed by atoms with E-state index in [9.17, 15) is 9.18 Å². The SMILES string of the molecule is CCCCOC(=O)c1cc(OCC2CCCN2c2ncnc3nc[nH]c23)c2cc(F)ccc2n1. The second kappa shape index (κ2) is 9.58. The molecule has 0 amide bonds. The van der Waals surface area contributed by atoms with E-state index >= 15 is 0 Å². The van der Waals surface area contributed by atoms with Gasteiger partial charge in [-0.15, -0.1) is 0 Å². The van der Waals surface area contributed by atoms with Crippen molar-refractivity contribution < 1.29 is 18.7 Å². The van der Waals surface area contributed by atoms with E-state index in [1.54, 1.807) is 6.33 Å². The van der Waals surface area contributed by atoms with Crippen LogP contribution in [0.1, 0.15) is 43.1 Å². The molecule has 9 nitrogen and oxygen atoms in total. The van der Waals surface area contributed by atoms with Crippen molar-refractivity contribution in [2.24, 2.45) is 0 Å². The minimum atomic E-state index is -0.519. The Hall–Kier alpha value is -3.82. The second-order valence-electron chi connectivity index (χ2n) is 8.26. The van der Waals surface area contributed by atoms with Crippen molar-refractivity contribution in [2.45, 2.75) is 38.6 Å². The van der Waals surface area contributed by atoms with Crippen molar-refractivity contribution in [1.29, 1.82) is 0 Å². The zero-order valence-electron chi connectivity index (χ0n) is 18.8. The third-order valence-electron chi connectivity index (χ3n) is 5.96. The van der Waals surface area contributed by atoms with E-state index in [0.29, 0.717) is 35.5 Å². The summed E-state index contributed by atoms with van der Waals surface area (Å²) in [6.07, 6.45) is 6.68. The van der Waals surface area contributed by atoms with Crippen LogP contribution in [0, 0.1) is 5.82 Å². The Morgan fingerprint density at radius 1 is 1.26 bits per heavy atom. The normalized spacial score (nSPS) is 15.8. The van der Waals surface area contributed by atoms with Crippen LogP contribution in [0.25, 0.3) is 22.1 Å². The average Bonchev–Trinajstić information content (AvgIpc) is 3.52. The van der Waals surface area contributed by atoms with Gasteiger partial charge in [0.25, 0.3) is 0 Å². The van der Waals surface area contributed by atoms with Crippen molar-refractivity contribution in [2.75, 3.05) is 24.7 Å². The van der Waals surface area contributed by atoms with Crippen molar-refractivity contribution in [3.8, 4) is 5.75 Å². The van der Waals surface area contributed by atoms with E-state index in [2.05, 4.69) is 29.8 Å². The predicted octanol–water partition coefficient (Wildman–Crippen LogP) is 4.04. The first-order valence-electron chi connectivity index (χ1n) is 11.4. The minimum Gasteiger partial charge on any atom is -0.491 e. The number of nitrogens with zero attached hydrogens (tertiary/aromatic N) is 5. The summed E-state index contributed by atoms with van der Waals surface area (Å²) in [5.74, 6) is 0.254. The molecule has 5 rings (SSSR count). The molecule has 176 valence electrons. The second-order valence-corrected chi connectivity index (χ2v) is 8.26. The molecule has 1 aliphatic heterocycles. The first kappa shape index (κ1) is 22.0. The van der Waals surface area contributed by atoms with E-state index in [4.69, 9.17) is 9.47 Å². The number of fused-ring (bicyclic) bond motifs is 2. The summed E-state index contributed by atoms with van der Waals surface area (Å²) in [5, 5.41) is 0.507. The number of hydrogen-bond donors (Lipinski definition) is 1. The maximum absolute atomic E-state index is 14.0. The van der Waals surface area contributed by atoms with E-state index in [0.717, 1.165) is 43.6 Å². The molecule has 34 heavy (non-hydrogen) atoms. The van der Waals surface area contributed by atoms with Gasteiger partial charge < -0.3 is 19.4 Å². The van der Waals surface area contributed by atoms with E-state index < -0.39 is 11.8 Å². The quantitative estimate of drug-likeness (QED) is 0.308. The van der Waals surface area contributed by atoms with Gasteiger partial charge >= 0.3 is 5.97 Å². The molecule has 4 heterocycles. The molecule has 0 radical (unpaired) electrons. The molecule has 1 atom stereocenters. The molecule has 3 aromatic heterocycles. The summed E-state index contributed by atoms with van der Waals surface area (Å²) in [5.41, 5.74) is 2.00. The van der Waals surface area contributed by atoms with E-state index in [-0.39, 0.29) is 11.7 Å². The number of benzene rings is 1. The molecule has 1 aliphatic rings. The maximum atomic E-state index is 14.0. The van der Waals surface area contributed by atoms with Gasteiger partial charge in [0, 0.05) is 18.0 Å².